The number of esters is 1. The highest BCUT2D eigenvalue weighted by atomic mass is 16.6. The second kappa shape index (κ2) is 8.12. The average Bonchev–Trinajstić information content (AvgIpc) is 2.67. The van der Waals surface area contributed by atoms with Crippen molar-refractivity contribution in [1.29, 1.82) is 0 Å². The van der Waals surface area contributed by atoms with E-state index in [0.717, 1.165) is 5.56 Å². The fourth-order valence-corrected chi connectivity index (χ4v) is 2.79. The van der Waals surface area contributed by atoms with Gasteiger partial charge in [-0.05, 0) is 55.7 Å². The van der Waals surface area contributed by atoms with Crippen molar-refractivity contribution in [3.63, 3.8) is 0 Å². The van der Waals surface area contributed by atoms with Crippen molar-refractivity contribution in [2.45, 2.75) is 26.8 Å². The summed E-state index contributed by atoms with van der Waals surface area (Å²) in [6, 6.07) is 10.7. The molecule has 6 heteroatoms. The summed E-state index contributed by atoms with van der Waals surface area (Å²) in [5.74, 6) is 0.161. The highest BCUT2D eigenvalue weighted by Gasteiger charge is 2.17. The van der Waals surface area contributed by atoms with Crippen LogP contribution in [0.4, 0.5) is 0 Å². The molecule has 0 radical (unpaired) electrons. The highest BCUT2D eigenvalue weighted by molar-refractivity contribution is 5.92. The van der Waals surface area contributed by atoms with Gasteiger partial charge in [0.1, 0.15) is 13.2 Å². The molecule has 0 bridgehead atoms. The number of carbonyl (C=O) groups is 2. The Labute approximate surface area is 158 Å². The number of amides is 1. The molecule has 1 heterocycles. The van der Waals surface area contributed by atoms with E-state index in [2.05, 4.69) is 5.32 Å². The van der Waals surface area contributed by atoms with Gasteiger partial charge in [-0.3, -0.25) is 4.79 Å². The van der Waals surface area contributed by atoms with Gasteiger partial charge in [-0.2, -0.15) is 0 Å². The first-order valence-corrected chi connectivity index (χ1v) is 8.87. The van der Waals surface area contributed by atoms with E-state index in [1.165, 1.54) is 11.1 Å². The Morgan fingerprint density at radius 2 is 1.78 bits per heavy atom. The molecule has 1 aliphatic heterocycles. The number of ether oxygens (including phenoxy) is 3. The van der Waals surface area contributed by atoms with E-state index in [4.69, 9.17) is 14.2 Å². The van der Waals surface area contributed by atoms with Crippen LogP contribution in [0.3, 0.4) is 0 Å². The summed E-state index contributed by atoms with van der Waals surface area (Å²) in [6.45, 7) is 6.54. The summed E-state index contributed by atoms with van der Waals surface area (Å²) in [4.78, 5) is 24.3. The topological polar surface area (TPSA) is 73.9 Å². The van der Waals surface area contributed by atoms with Gasteiger partial charge in [-0.25, -0.2) is 4.79 Å². The lowest BCUT2D eigenvalue weighted by molar-refractivity contribution is -0.124. The van der Waals surface area contributed by atoms with Crippen LogP contribution < -0.4 is 14.8 Å². The molecule has 1 N–H and O–H groups in total. The van der Waals surface area contributed by atoms with Gasteiger partial charge in [0.15, 0.2) is 18.1 Å². The van der Waals surface area contributed by atoms with Crippen molar-refractivity contribution in [3.8, 4) is 11.5 Å². The number of rotatable bonds is 5. The predicted molar refractivity (Wildman–Crippen MR) is 100 cm³/mol. The van der Waals surface area contributed by atoms with Crippen molar-refractivity contribution in [2.75, 3.05) is 19.8 Å². The minimum Gasteiger partial charge on any atom is -0.486 e. The number of carbonyl (C=O) groups excluding carboxylic acids is 2. The maximum atomic E-state index is 12.2. The Kier molecular flexibility index (Phi) is 5.64. The monoisotopic (exact) mass is 369 g/mol. The van der Waals surface area contributed by atoms with E-state index < -0.39 is 5.97 Å². The molecule has 3 rings (SSSR count). The van der Waals surface area contributed by atoms with Gasteiger partial charge in [0.2, 0.25) is 0 Å². The molecule has 0 saturated heterocycles. The molecule has 2 aromatic carbocycles. The maximum Gasteiger partial charge on any atom is 0.338 e. The molecule has 142 valence electrons. The van der Waals surface area contributed by atoms with E-state index in [0.29, 0.717) is 30.3 Å². The van der Waals surface area contributed by atoms with E-state index in [1.807, 2.05) is 39.0 Å². The van der Waals surface area contributed by atoms with Crippen LogP contribution in [0.1, 0.15) is 40.0 Å². The average molecular weight is 369 g/mol. The third-order valence-corrected chi connectivity index (χ3v) is 4.52. The van der Waals surface area contributed by atoms with Crippen LogP contribution in [0.5, 0.6) is 11.5 Å². The summed E-state index contributed by atoms with van der Waals surface area (Å²) in [5, 5.41) is 2.84. The first kappa shape index (κ1) is 18.8. The van der Waals surface area contributed by atoms with Gasteiger partial charge in [0, 0.05) is 0 Å². The van der Waals surface area contributed by atoms with Crippen LogP contribution in [0.25, 0.3) is 0 Å². The van der Waals surface area contributed by atoms with Crippen LogP contribution in [0.2, 0.25) is 0 Å². The van der Waals surface area contributed by atoms with Crippen molar-refractivity contribution in [1.82, 2.24) is 5.32 Å². The van der Waals surface area contributed by atoms with Crippen molar-refractivity contribution >= 4 is 11.9 Å². The Hall–Kier alpha value is -3.02. The number of fused-ring (bicyclic) bond motifs is 1. The minimum atomic E-state index is -0.582. The van der Waals surface area contributed by atoms with Crippen LogP contribution in [0, 0.1) is 13.8 Å². The lowest BCUT2D eigenvalue weighted by atomic mass is 10.0. The standard InChI is InChI=1S/C21H23NO5/c1-13-4-5-16(10-14(13)2)15(3)22-20(23)12-27-21(24)17-6-7-18-19(11-17)26-9-8-25-18/h4-7,10-11,15H,8-9,12H2,1-3H3,(H,22,23)/t15-/m1/s1. The van der Waals surface area contributed by atoms with Gasteiger partial charge >= 0.3 is 5.97 Å². The number of benzene rings is 2. The normalized spacial score (nSPS) is 13.6. The molecule has 27 heavy (non-hydrogen) atoms. The van der Waals surface area contributed by atoms with Crippen molar-refractivity contribution in [2.24, 2.45) is 0 Å². The molecule has 6 nitrogen and oxygen atoms in total. The van der Waals surface area contributed by atoms with E-state index in [-0.39, 0.29) is 18.6 Å². The molecule has 1 aliphatic rings. The van der Waals surface area contributed by atoms with Crippen molar-refractivity contribution in [3.05, 3.63) is 58.7 Å². The van der Waals surface area contributed by atoms with Gasteiger partial charge in [0.25, 0.3) is 5.91 Å². The predicted octanol–water partition coefficient (Wildman–Crippen LogP) is 3.11. The summed E-state index contributed by atoms with van der Waals surface area (Å²) >= 11 is 0. The number of hydrogen-bond acceptors (Lipinski definition) is 5. The SMILES string of the molecule is Cc1ccc([C@@H](C)NC(=O)COC(=O)c2ccc3c(c2)OCCO3)cc1C. The van der Waals surface area contributed by atoms with E-state index in [1.54, 1.807) is 18.2 Å². The lowest BCUT2D eigenvalue weighted by Gasteiger charge is -2.18. The summed E-state index contributed by atoms with van der Waals surface area (Å²) in [7, 11) is 0. The van der Waals surface area contributed by atoms with E-state index in [9.17, 15) is 9.59 Å². The Morgan fingerprint density at radius 1 is 1.04 bits per heavy atom. The van der Waals surface area contributed by atoms with Gasteiger partial charge in [0.05, 0.1) is 11.6 Å². The molecule has 1 amide bonds. The van der Waals surface area contributed by atoms with Gasteiger partial charge in [-0.15, -0.1) is 0 Å². The zero-order valence-corrected chi connectivity index (χ0v) is 15.7. The van der Waals surface area contributed by atoms with Crippen LogP contribution >= 0.6 is 0 Å². The summed E-state index contributed by atoms with van der Waals surface area (Å²) in [5.41, 5.74) is 3.68. The van der Waals surface area contributed by atoms with E-state index >= 15 is 0 Å². The fraction of sp³-hybridized carbons (Fsp3) is 0.333. The number of hydrogen-bond donors (Lipinski definition) is 1. The van der Waals surface area contributed by atoms with Crippen LogP contribution in [0.15, 0.2) is 36.4 Å². The summed E-state index contributed by atoms with van der Waals surface area (Å²) in [6.07, 6.45) is 0. The van der Waals surface area contributed by atoms with Crippen LogP contribution in [-0.4, -0.2) is 31.7 Å². The largest absolute Gasteiger partial charge is 0.486 e. The highest BCUT2D eigenvalue weighted by Crippen LogP contribution is 2.30. The molecule has 2 aromatic rings. The maximum absolute atomic E-state index is 12.2. The molecule has 0 aliphatic carbocycles. The first-order valence-electron chi connectivity index (χ1n) is 8.87. The Balaban J connectivity index is 1.54. The molecule has 0 saturated carbocycles. The molecule has 0 unspecified atom stereocenters. The van der Waals surface area contributed by atoms with Gasteiger partial charge in [-0.1, -0.05) is 18.2 Å². The van der Waals surface area contributed by atoms with Crippen LogP contribution in [-0.2, 0) is 9.53 Å². The quantitative estimate of drug-likeness (QED) is 0.820. The summed E-state index contributed by atoms with van der Waals surface area (Å²) < 4.78 is 16.0. The molecule has 0 aromatic heterocycles. The Bertz CT molecular complexity index is 862. The third kappa shape index (κ3) is 4.58. The molecular formula is C21H23NO5. The smallest absolute Gasteiger partial charge is 0.338 e. The molecule has 1 atom stereocenters. The van der Waals surface area contributed by atoms with Gasteiger partial charge < -0.3 is 19.5 Å². The third-order valence-electron chi connectivity index (χ3n) is 4.52. The van der Waals surface area contributed by atoms with Crippen molar-refractivity contribution < 1.29 is 23.8 Å². The fourth-order valence-electron chi connectivity index (χ4n) is 2.79. The second-order valence-corrected chi connectivity index (χ2v) is 6.57. The Morgan fingerprint density at radius 3 is 2.52 bits per heavy atom. The number of nitrogens with one attached hydrogen (secondary N) is 1. The minimum absolute atomic E-state index is 0.176. The molecular weight excluding hydrogens is 346 g/mol. The lowest BCUT2D eigenvalue weighted by Crippen LogP contribution is -2.31. The number of aryl methyl sites for hydroxylation is 2. The zero-order chi connectivity index (χ0) is 19.4. The molecule has 0 fully saturated rings. The first-order chi connectivity index (χ1) is 12.9. The second-order valence-electron chi connectivity index (χ2n) is 6.57. The molecule has 0 spiro atoms. The zero-order valence-electron chi connectivity index (χ0n) is 15.7.